The third kappa shape index (κ3) is 5.75. The van der Waals surface area contributed by atoms with E-state index in [0.717, 1.165) is 31.6 Å². The van der Waals surface area contributed by atoms with Crippen LogP contribution in [-0.2, 0) is 11.2 Å². The van der Waals surface area contributed by atoms with Gasteiger partial charge in [-0.1, -0.05) is 6.92 Å². The molecule has 2 nitrogen and oxygen atoms in total. The van der Waals surface area contributed by atoms with Crippen molar-refractivity contribution in [2.75, 3.05) is 26.3 Å². The first-order chi connectivity index (χ1) is 8.24. The Kier molecular flexibility index (Phi) is 6.74. The van der Waals surface area contributed by atoms with Crippen molar-refractivity contribution in [2.24, 2.45) is 0 Å². The average molecular weight is 243 g/mol. The lowest BCUT2D eigenvalue weighted by molar-refractivity contribution is 0.138. The van der Waals surface area contributed by atoms with Crippen LogP contribution in [0.3, 0.4) is 0 Å². The fourth-order valence-corrected chi connectivity index (χ4v) is 1.47. The minimum atomic E-state index is -0.411. The Hall–Kier alpha value is -1.00. The van der Waals surface area contributed by atoms with Gasteiger partial charge in [0.25, 0.3) is 0 Å². The molecule has 0 fully saturated rings. The Bertz CT molecular complexity index is 331. The predicted molar refractivity (Wildman–Crippen MR) is 64.0 cm³/mol. The summed E-state index contributed by atoms with van der Waals surface area (Å²) in [6, 6.07) is 3.48. The van der Waals surface area contributed by atoms with Gasteiger partial charge in [-0.2, -0.15) is 0 Å². The number of hydrogen-bond acceptors (Lipinski definition) is 2. The number of halogens is 2. The normalized spacial score (nSPS) is 10.8. The third-order valence-corrected chi connectivity index (χ3v) is 2.37. The summed E-state index contributed by atoms with van der Waals surface area (Å²) < 4.78 is 31.4. The van der Waals surface area contributed by atoms with E-state index in [2.05, 4.69) is 12.2 Å². The second-order valence-electron chi connectivity index (χ2n) is 3.85. The maximum absolute atomic E-state index is 13.2. The summed E-state index contributed by atoms with van der Waals surface area (Å²) in [4.78, 5) is 0. The number of nitrogens with one attached hydrogen (secondary N) is 1. The van der Waals surface area contributed by atoms with Gasteiger partial charge in [-0.15, -0.1) is 0 Å². The first-order valence-electron chi connectivity index (χ1n) is 5.96. The minimum absolute atomic E-state index is 0.367. The van der Waals surface area contributed by atoms with Gasteiger partial charge in [0, 0.05) is 6.54 Å². The molecule has 0 spiro atoms. The standard InChI is InChI=1S/C13H19F2NO/c1-2-6-16-7-9-17-8-5-11-10-12(14)3-4-13(11)15/h3-4,10,16H,2,5-9H2,1H3. The van der Waals surface area contributed by atoms with Crippen molar-refractivity contribution in [1.82, 2.24) is 5.32 Å². The van der Waals surface area contributed by atoms with E-state index >= 15 is 0 Å². The van der Waals surface area contributed by atoms with E-state index in [1.54, 1.807) is 0 Å². The zero-order valence-electron chi connectivity index (χ0n) is 10.1. The largest absolute Gasteiger partial charge is 0.380 e. The fraction of sp³-hybridized carbons (Fsp3) is 0.538. The van der Waals surface area contributed by atoms with Crippen LogP contribution in [0.25, 0.3) is 0 Å². The highest BCUT2D eigenvalue weighted by atomic mass is 19.1. The highest BCUT2D eigenvalue weighted by Crippen LogP contribution is 2.10. The SMILES string of the molecule is CCCNCCOCCc1cc(F)ccc1F. The van der Waals surface area contributed by atoms with Crippen molar-refractivity contribution >= 4 is 0 Å². The summed E-state index contributed by atoms with van der Waals surface area (Å²) >= 11 is 0. The summed E-state index contributed by atoms with van der Waals surface area (Å²) in [7, 11) is 0. The lowest BCUT2D eigenvalue weighted by atomic mass is 10.1. The summed E-state index contributed by atoms with van der Waals surface area (Å²) in [6.07, 6.45) is 1.49. The number of rotatable bonds is 8. The van der Waals surface area contributed by atoms with Gasteiger partial charge in [-0.05, 0) is 43.1 Å². The first-order valence-corrected chi connectivity index (χ1v) is 5.96. The molecular weight excluding hydrogens is 224 g/mol. The molecule has 0 aromatic heterocycles. The monoisotopic (exact) mass is 243 g/mol. The highest BCUT2D eigenvalue weighted by Gasteiger charge is 2.03. The van der Waals surface area contributed by atoms with E-state index in [1.807, 2.05) is 0 Å². The van der Waals surface area contributed by atoms with Crippen LogP contribution in [-0.4, -0.2) is 26.3 Å². The molecule has 17 heavy (non-hydrogen) atoms. The molecule has 1 rings (SSSR count). The topological polar surface area (TPSA) is 21.3 Å². The smallest absolute Gasteiger partial charge is 0.126 e. The highest BCUT2D eigenvalue weighted by molar-refractivity contribution is 5.18. The predicted octanol–water partition coefficient (Wildman–Crippen LogP) is 2.52. The van der Waals surface area contributed by atoms with E-state index in [1.165, 1.54) is 6.07 Å². The van der Waals surface area contributed by atoms with Gasteiger partial charge >= 0.3 is 0 Å². The molecule has 0 aliphatic carbocycles. The van der Waals surface area contributed by atoms with Crippen molar-refractivity contribution in [3.8, 4) is 0 Å². The van der Waals surface area contributed by atoms with Crippen molar-refractivity contribution in [3.05, 3.63) is 35.4 Å². The molecule has 0 aliphatic heterocycles. The lowest BCUT2D eigenvalue weighted by Gasteiger charge is -2.06. The molecule has 4 heteroatoms. The molecule has 96 valence electrons. The van der Waals surface area contributed by atoms with Crippen molar-refractivity contribution in [2.45, 2.75) is 19.8 Å². The van der Waals surface area contributed by atoms with E-state index in [9.17, 15) is 8.78 Å². The summed E-state index contributed by atoms with van der Waals surface area (Å²) in [5.74, 6) is -0.787. The van der Waals surface area contributed by atoms with Crippen LogP contribution in [0.4, 0.5) is 8.78 Å². The van der Waals surface area contributed by atoms with Gasteiger partial charge < -0.3 is 10.1 Å². The molecular formula is C13H19F2NO. The second kappa shape index (κ2) is 8.14. The van der Waals surface area contributed by atoms with E-state index < -0.39 is 5.82 Å². The maximum Gasteiger partial charge on any atom is 0.126 e. The first kappa shape index (κ1) is 14.1. The quantitative estimate of drug-likeness (QED) is 0.708. The molecule has 0 amide bonds. The minimum Gasteiger partial charge on any atom is -0.380 e. The van der Waals surface area contributed by atoms with Crippen molar-refractivity contribution in [3.63, 3.8) is 0 Å². The van der Waals surface area contributed by atoms with E-state index in [0.29, 0.717) is 25.2 Å². The van der Waals surface area contributed by atoms with Crippen LogP contribution in [0, 0.1) is 11.6 Å². The molecule has 0 heterocycles. The van der Waals surface area contributed by atoms with E-state index in [-0.39, 0.29) is 5.82 Å². The molecule has 1 N–H and O–H groups in total. The van der Waals surface area contributed by atoms with Crippen LogP contribution in [0.5, 0.6) is 0 Å². The summed E-state index contributed by atoms with van der Waals surface area (Å²) in [6.45, 7) is 4.87. The third-order valence-electron chi connectivity index (χ3n) is 2.37. The molecule has 0 radical (unpaired) electrons. The molecule has 0 aliphatic rings. The Labute approximate surface area is 101 Å². The van der Waals surface area contributed by atoms with Crippen LogP contribution in [0.1, 0.15) is 18.9 Å². The summed E-state index contributed by atoms with van der Waals surface area (Å²) in [5, 5.41) is 3.20. The van der Waals surface area contributed by atoms with Crippen LogP contribution < -0.4 is 5.32 Å². The van der Waals surface area contributed by atoms with E-state index in [4.69, 9.17) is 4.74 Å². The number of benzene rings is 1. The fourth-order valence-electron chi connectivity index (χ4n) is 1.47. The van der Waals surface area contributed by atoms with Crippen molar-refractivity contribution in [1.29, 1.82) is 0 Å². The van der Waals surface area contributed by atoms with Gasteiger partial charge in [-0.3, -0.25) is 0 Å². The number of hydrogen-bond donors (Lipinski definition) is 1. The van der Waals surface area contributed by atoms with Crippen LogP contribution in [0.2, 0.25) is 0 Å². The van der Waals surface area contributed by atoms with Crippen molar-refractivity contribution < 1.29 is 13.5 Å². The maximum atomic E-state index is 13.2. The Morgan fingerprint density at radius 1 is 1.18 bits per heavy atom. The van der Waals surface area contributed by atoms with Gasteiger partial charge in [0.1, 0.15) is 11.6 Å². The molecule has 0 saturated heterocycles. The van der Waals surface area contributed by atoms with Gasteiger partial charge in [0.2, 0.25) is 0 Å². The van der Waals surface area contributed by atoms with Gasteiger partial charge in [-0.25, -0.2) is 8.78 Å². The molecule has 1 aromatic rings. The molecule has 1 aromatic carbocycles. The molecule has 0 bridgehead atoms. The summed E-state index contributed by atoms with van der Waals surface area (Å²) in [5.41, 5.74) is 0.367. The van der Waals surface area contributed by atoms with Gasteiger partial charge in [0.05, 0.1) is 13.2 Å². The Morgan fingerprint density at radius 2 is 2.00 bits per heavy atom. The molecule has 0 atom stereocenters. The van der Waals surface area contributed by atoms with Crippen LogP contribution >= 0.6 is 0 Å². The Balaban J connectivity index is 2.15. The average Bonchev–Trinajstić information content (AvgIpc) is 2.32. The molecule has 0 saturated carbocycles. The zero-order chi connectivity index (χ0) is 12.5. The number of ether oxygens (including phenoxy) is 1. The van der Waals surface area contributed by atoms with Crippen LogP contribution in [0.15, 0.2) is 18.2 Å². The Morgan fingerprint density at radius 3 is 2.76 bits per heavy atom. The van der Waals surface area contributed by atoms with Gasteiger partial charge in [0.15, 0.2) is 0 Å². The zero-order valence-corrected chi connectivity index (χ0v) is 10.1. The molecule has 0 unspecified atom stereocenters. The second-order valence-corrected chi connectivity index (χ2v) is 3.85. The lowest BCUT2D eigenvalue weighted by Crippen LogP contribution is -2.20.